The zero-order valence-corrected chi connectivity index (χ0v) is 10.3. The Labute approximate surface area is 94.0 Å². The van der Waals surface area contributed by atoms with Gasteiger partial charge in [-0.15, -0.1) is 0 Å². The number of fused-ring (bicyclic) bond motifs is 2. The van der Waals surface area contributed by atoms with Crippen molar-refractivity contribution in [2.75, 3.05) is 0 Å². The van der Waals surface area contributed by atoms with Crippen molar-refractivity contribution in [1.29, 1.82) is 0 Å². The minimum Gasteiger partial charge on any atom is -0.0788 e. The molecule has 6 aliphatic carbocycles. The third-order valence-electron chi connectivity index (χ3n) is 5.88. The summed E-state index contributed by atoms with van der Waals surface area (Å²) in [4.78, 5) is 0. The van der Waals surface area contributed by atoms with Gasteiger partial charge in [0.05, 0.1) is 0 Å². The lowest BCUT2D eigenvalue weighted by Gasteiger charge is -2.59. The van der Waals surface area contributed by atoms with Crippen molar-refractivity contribution < 1.29 is 0 Å². The third-order valence-corrected chi connectivity index (χ3v) is 7.18. The molecule has 0 aliphatic heterocycles. The molecule has 0 N–H and O–H groups in total. The van der Waals surface area contributed by atoms with Crippen molar-refractivity contribution in [2.45, 2.75) is 54.8 Å². The van der Waals surface area contributed by atoms with Crippen molar-refractivity contribution in [3.63, 3.8) is 0 Å². The Kier molecular flexibility index (Phi) is 1.21. The van der Waals surface area contributed by atoms with Gasteiger partial charge >= 0.3 is 0 Å². The van der Waals surface area contributed by atoms with E-state index < -0.39 is 0 Å². The van der Waals surface area contributed by atoms with Crippen LogP contribution in [0.1, 0.15) is 51.4 Å². The molecule has 13 heavy (non-hydrogen) atoms. The summed E-state index contributed by atoms with van der Waals surface area (Å²) in [6, 6.07) is 0. The fourth-order valence-corrected chi connectivity index (χ4v) is 6.98. The molecule has 6 saturated carbocycles. The van der Waals surface area contributed by atoms with Gasteiger partial charge < -0.3 is 0 Å². The lowest BCUT2D eigenvalue weighted by Crippen LogP contribution is -2.52. The molecule has 0 aromatic carbocycles. The van der Waals surface area contributed by atoms with E-state index >= 15 is 0 Å². The van der Waals surface area contributed by atoms with E-state index in [9.17, 15) is 0 Å². The van der Waals surface area contributed by atoms with E-state index in [4.69, 9.17) is 0 Å². The zero-order valence-electron chi connectivity index (χ0n) is 8.11. The fourth-order valence-electron chi connectivity index (χ4n) is 5.25. The molecule has 6 aliphatic rings. The predicted octanol–water partition coefficient (Wildman–Crippen LogP) is 3.92. The number of rotatable bonds is 1. The van der Waals surface area contributed by atoms with Crippen molar-refractivity contribution in [2.24, 2.45) is 16.7 Å². The number of hydrogen-bond donors (Lipinski definition) is 0. The van der Waals surface area contributed by atoms with Gasteiger partial charge in [0.25, 0.3) is 0 Å². The maximum atomic E-state index is 2.75. The highest BCUT2D eigenvalue weighted by molar-refractivity contribution is 14.1. The maximum Gasteiger partial charge on any atom is 0.0233 e. The molecule has 0 spiro atoms. The Morgan fingerprint density at radius 2 is 1.69 bits per heavy atom. The van der Waals surface area contributed by atoms with Crippen LogP contribution in [0.3, 0.4) is 0 Å². The molecule has 0 aromatic heterocycles. The first-order valence-electron chi connectivity index (χ1n) is 5.85. The van der Waals surface area contributed by atoms with Crippen molar-refractivity contribution in [3.8, 4) is 0 Å². The van der Waals surface area contributed by atoms with Crippen LogP contribution in [0, 0.1) is 16.7 Å². The lowest BCUT2D eigenvalue weighted by atomic mass is 9.47. The Morgan fingerprint density at radius 1 is 0.923 bits per heavy atom. The molecule has 0 aromatic rings. The molecule has 4 bridgehead atoms. The van der Waals surface area contributed by atoms with Gasteiger partial charge in [-0.05, 0) is 68.1 Å². The van der Waals surface area contributed by atoms with Gasteiger partial charge in [-0.25, -0.2) is 0 Å². The van der Waals surface area contributed by atoms with Gasteiger partial charge in [0.2, 0.25) is 0 Å². The highest BCUT2D eigenvalue weighted by Gasteiger charge is 2.71. The Hall–Kier alpha value is 0.730. The summed E-state index contributed by atoms with van der Waals surface area (Å²) in [5, 5.41) is 0. The molecule has 72 valence electrons. The predicted molar refractivity (Wildman–Crippen MR) is 62.0 cm³/mol. The van der Waals surface area contributed by atoms with Gasteiger partial charge in [-0.1, -0.05) is 22.6 Å². The summed E-state index contributed by atoms with van der Waals surface area (Å²) in [5.41, 5.74) is 1.77. The summed E-state index contributed by atoms with van der Waals surface area (Å²) in [6.45, 7) is 0. The first-order valence-corrected chi connectivity index (χ1v) is 6.92. The highest BCUT2D eigenvalue weighted by atomic mass is 127. The molecule has 0 unspecified atom stereocenters. The summed E-state index contributed by atoms with van der Waals surface area (Å²) in [5.74, 6) is 1.17. The van der Waals surface area contributed by atoms with E-state index in [2.05, 4.69) is 22.6 Å². The van der Waals surface area contributed by atoms with E-state index in [0.717, 1.165) is 14.3 Å². The van der Waals surface area contributed by atoms with Crippen molar-refractivity contribution in [3.05, 3.63) is 0 Å². The van der Waals surface area contributed by atoms with Crippen molar-refractivity contribution >= 4 is 22.6 Å². The maximum absolute atomic E-state index is 2.75. The van der Waals surface area contributed by atoms with Crippen LogP contribution in [-0.2, 0) is 0 Å². The largest absolute Gasteiger partial charge is 0.0788 e. The smallest absolute Gasteiger partial charge is 0.0233 e. The van der Waals surface area contributed by atoms with Crippen LogP contribution in [0.2, 0.25) is 0 Å². The normalized spacial score (nSPS) is 67.6. The standard InChI is InChI=1S/C12H17I/c13-12-4-3-11(7-12,8-12)10-2-1-9(5-10)6-10/h9H,1-8H2. The van der Waals surface area contributed by atoms with Crippen LogP contribution in [0.15, 0.2) is 0 Å². The molecule has 6 rings (SSSR count). The summed E-state index contributed by atoms with van der Waals surface area (Å²) < 4.78 is 0.778. The molecular formula is C12H17I. The van der Waals surface area contributed by atoms with E-state index in [1.807, 2.05) is 0 Å². The van der Waals surface area contributed by atoms with Crippen LogP contribution in [0.4, 0.5) is 0 Å². The van der Waals surface area contributed by atoms with Gasteiger partial charge in [0.15, 0.2) is 0 Å². The summed E-state index contributed by atoms with van der Waals surface area (Å²) >= 11 is 2.75. The van der Waals surface area contributed by atoms with Crippen LogP contribution in [0.25, 0.3) is 0 Å². The molecule has 0 saturated heterocycles. The molecule has 0 heterocycles. The first-order chi connectivity index (χ1) is 6.16. The van der Waals surface area contributed by atoms with Crippen LogP contribution < -0.4 is 0 Å². The molecule has 0 nitrogen and oxygen atoms in total. The van der Waals surface area contributed by atoms with Crippen molar-refractivity contribution in [1.82, 2.24) is 0 Å². The molecule has 6 fully saturated rings. The first kappa shape index (κ1) is 7.95. The van der Waals surface area contributed by atoms with Gasteiger partial charge in [0.1, 0.15) is 0 Å². The second-order valence-electron chi connectivity index (χ2n) is 6.38. The fraction of sp³-hybridized carbons (Fsp3) is 1.00. The average Bonchev–Trinajstić information content (AvgIpc) is 2.54. The Bertz CT molecular complexity index is 263. The van der Waals surface area contributed by atoms with Gasteiger partial charge in [-0.2, -0.15) is 0 Å². The summed E-state index contributed by atoms with van der Waals surface area (Å²) in [7, 11) is 0. The molecule has 0 radical (unpaired) electrons. The van der Waals surface area contributed by atoms with E-state index in [1.54, 1.807) is 51.4 Å². The SMILES string of the molecule is IC12CCC(C34CCC(C3)C4)(C1)C2. The Morgan fingerprint density at radius 3 is 2.15 bits per heavy atom. The Balaban J connectivity index is 1.69. The number of halogens is 1. The molecular weight excluding hydrogens is 271 g/mol. The lowest BCUT2D eigenvalue weighted by molar-refractivity contribution is -0.0655. The van der Waals surface area contributed by atoms with Crippen LogP contribution in [-0.4, -0.2) is 3.42 Å². The van der Waals surface area contributed by atoms with E-state index in [-0.39, 0.29) is 0 Å². The second-order valence-corrected chi connectivity index (χ2v) is 8.67. The van der Waals surface area contributed by atoms with Gasteiger partial charge in [-0.3, -0.25) is 0 Å². The molecule has 0 atom stereocenters. The van der Waals surface area contributed by atoms with Gasteiger partial charge in [0, 0.05) is 3.42 Å². The van der Waals surface area contributed by atoms with Crippen LogP contribution >= 0.6 is 22.6 Å². The summed E-state index contributed by atoms with van der Waals surface area (Å²) in [6.07, 6.45) is 12.7. The number of alkyl halides is 1. The molecule has 1 heteroatoms. The zero-order chi connectivity index (χ0) is 8.73. The van der Waals surface area contributed by atoms with E-state index in [1.165, 1.54) is 5.92 Å². The van der Waals surface area contributed by atoms with Crippen LogP contribution in [0.5, 0.6) is 0 Å². The topological polar surface area (TPSA) is 0 Å². The second kappa shape index (κ2) is 1.98. The third kappa shape index (κ3) is 0.733. The average molecular weight is 288 g/mol. The minimum atomic E-state index is 0.778. The molecule has 0 amide bonds. The highest BCUT2D eigenvalue weighted by Crippen LogP contribution is 2.80. The quantitative estimate of drug-likeness (QED) is 0.506. The number of hydrogen-bond acceptors (Lipinski definition) is 0. The minimum absolute atomic E-state index is 0.778. The monoisotopic (exact) mass is 288 g/mol. The van der Waals surface area contributed by atoms with E-state index in [0.29, 0.717) is 0 Å².